The Balaban J connectivity index is 2.00. The van der Waals surface area contributed by atoms with Crippen LogP contribution < -0.4 is 0 Å². The van der Waals surface area contributed by atoms with Crippen LogP contribution in [-0.4, -0.2) is 9.78 Å². The molecule has 4 rings (SSSR count). The van der Waals surface area contributed by atoms with Crippen LogP contribution in [0.4, 0.5) is 0 Å². The molecule has 0 aliphatic carbocycles. The van der Waals surface area contributed by atoms with Gasteiger partial charge in [0, 0.05) is 20.1 Å². The van der Waals surface area contributed by atoms with Crippen LogP contribution in [-0.2, 0) is 0 Å². The molecule has 140 valence electrons. The molecule has 4 aromatic rings. The van der Waals surface area contributed by atoms with E-state index in [2.05, 4.69) is 31.9 Å². The average Bonchev–Trinajstić information content (AvgIpc) is 3.01. The van der Waals surface area contributed by atoms with Gasteiger partial charge in [-0.15, -0.1) is 0 Å². The van der Waals surface area contributed by atoms with E-state index in [9.17, 15) is 0 Å². The second-order valence-corrected chi connectivity index (χ2v) is 9.07. The number of aromatic nitrogens is 2. The van der Waals surface area contributed by atoms with E-state index in [-0.39, 0.29) is 0 Å². The van der Waals surface area contributed by atoms with E-state index in [1.165, 1.54) is 0 Å². The minimum absolute atomic E-state index is 0.454. The lowest BCUT2D eigenvalue weighted by molar-refractivity contribution is 0.892. The molecule has 7 heteroatoms. The van der Waals surface area contributed by atoms with Gasteiger partial charge in [-0.25, -0.2) is 4.68 Å². The van der Waals surface area contributed by atoms with Crippen molar-refractivity contribution in [2.24, 2.45) is 0 Å². The summed E-state index contributed by atoms with van der Waals surface area (Å²) in [6.07, 6.45) is 0. The molecular weight excluding hydrogens is 546 g/mol. The first-order valence-electron chi connectivity index (χ1n) is 8.20. The normalized spacial score (nSPS) is 11.0. The molecule has 0 aliphatic rings. The van der Waals surface area contributed by atoms with Crippen LogP contribution in [0.1, 0.15) is 0 Å². The van der Waals surface area contributed by atoms with Gasteiger partial charge >= 0.3 is 0 Å². The molecule has 0 atom stereocenters. The largest absolute Gasteiger partial charge is 0.231 e. The van der Waals surface area contributed by atoms with E-state index >= 15 is 0 Å². The van der Waals surface area contributed by atoms with Crippen LogP contribution in [0, 0.1) is 0 Å². The molecule has 0 bridgehead atoms. The fraction of sp³-hybridized carbons (Fsp3) is 0. The number of rotatable bonds is 3. The molecule has 1 heterocycles. The smallest absolute Gasteiger partial charge is 0.112 e. The summed E-state index contributed by atoms with van der Waals surface area (Å²) < 4.78 is 3.70. The van der Waals surface area contributed by atoms with Crippen molar-refractivity contribution in [1.29, 1.82) is 0 Å². The van der Waals surface area contributed by atoms with Crippen LogP contribution in [0.25, 0.3) is 28.2 Å². The summed E-state index contributed by atoms with van der Waals surface area (Å²) in [5, 5.41) is 6.31. The molecule has 0 amide bonds. The molecule has 2 nitrogen and oxygen atoms in total. The topological polar surface area (TPSA) is 17.8 Å². The summed E-state index contributed by atoms with van der Waals surface area (Å²) in [6.45, 7) is 0. The van der Waals surface area contributed by atoms with Gasteiger partial charge in [-0.05, 0) is 42.5 Å². The van der Waals surface area contributed by atoms with Crippen LogP contribution >= 0.6 is 66.7 Å². The summed E-state index contributed by atoms with van der Waals surface area (Å²) in [7, 11) is 0. The fourth-order valence-corrected chi connectivity index (χ4v) is 4.33. The first-order chi connectivity index (χ1) is 13.4. The molecular formula is C21H11Br2Cl3N2. The van der Waals surface area contributed by atoms with Gasteiger partial charge in [0.25, 0.3) is 0 Å². The van der Waals surface area contributed by atoms with E-state index in [4.69, 9.17) is 39.9 Å². The molecule has 0 spiro atoms. The van der Waals surface area contributed by atoms with Crippen molar-refractivity contribution in [3.8, 4) is 28.2 Å². The third-order valence-corrected chi connectivity index (χ3v) is 6.26. The van der Waals surface area contributed by atoms with Crippen LogP contribution in [0.15, 0.2) is 75.7 Å². The highest BCUT2D eigenvalue weighted by Crippen LogP contribution is 2.39. The molecule has 0 unspecified atom stereocenters. The Labute approximate surface area is 194 Å². The molecule has 0 saturated carbocycles. The number of benzene rings is 3. The third-order valence-electron chi connectivity index (χ3n) is 4.17. The second-order valence-electron chi connectivity index (χ2n) is 6.04. The Kier molecular flexibility index (Phi) is 5.86. The van der Waals surface area contributed by atoms with Gasteiger partial charge in [-0.3, -0.25) is 0 Å². The van der Waals surface area contributed by atoms with Crippen molar-refractivity contribution < 1.29 is 0 Å². The predicted molar refractivity (Wildman–Crippen MR) is 125 cm³/mol. The Morgan fingerprint density at radius 1 is 0.714 bits per heavy atom. The summed E-state index contributed by atoms with van der Waals surface area (Å²) in [6, 6.07) is 21.2. The highest BCUT2D eigenvalue weighted by atomic mass is 79.9. The van der Waals surface area contributed by atoms with Crippen LogP contribution in [0.2, 0.25) is 15.1 Å². The van der Waals surface area contributed by atoms with E-state index in [1.807, 2.05) is 54.6 Å². The van der Waals surface area contributed by atoms with E-state index in [1.54, 1.807) is 16.8 Å². The van der Waals surface area contributed by atoms with Crippen molar-refractivity contribution >= 4 is 66.7 Å². The molecule has 0 saturated heterocycles. The number of halogens is 5. The molecule has 3 aromatic carbocycles. The number of hydrogen-bond donors (Lipinski definition) is 0. The van der Waals surface area contributed by atoms with Crippen molar-refractivity contribution in [3.05, 3.63) is 90.7 Å². The maximum Gasteiger partial charge on any atom is 0.112 e. The third kappa shape index (κ3) is 3.89. The van der Waals surface area contributed by atoms with E-state index < -0.39 is 0 Å². The van der Waals surface area contributed by atoms with Gasteiger partial charge in [-0.1, -0.05) is 90.9 Å². The second kappa shape index (κ2) is 8.21. The standard InChI is InChI=1S/C21H11Br2Cl3N2/c22-14-5-1-3-12(9-14)20-19(26)21(13-4-2-6-15(23)10-13)28(27-20)16-7-8-17(24)18(25)11-16/h1-11H. The Hall–Kier alpha value is -1.30. The molecule has 0 aliphatic heterocycles. The van der Waals surface area contributed by atoms with Crippen molar-refractivity contribution in [2.75, 3.05) is 0 Å². The Bertz CT molecular complexity index is 1190. The first-order valence-corrected chi connectivity index (χ1v) is 10.9. The lowest BCUT2D eigenvalue weighted by Crippen LogP contribution is -1.99. The zero-order valence-electron chi connectivity index (χ0n) is 14.1. The van der Waals surface area contributed by atoms with Crippen LogP contribution in [0.5, 0.6) is 0 Å². The summed E-state index contributed by atoms with van der Waals surface area (Å²) in [5.74, 6) is 0. The molecule has 0 fully saturated rings. The summed E-state index contributed by atoms with van der Waals surface area (Å²) in [4.78, 5) is 0. The summed E-state index contributed by atoms with van der Waals surface area (Å²) >= 11 is 26.2. The predicted octanol–water partition coefficient (Wildman–Crippen LogP) is 8.69. The zero-order chi connectivity index (χ0) is 19.8. The van der Waals surface area contributed by atoms with Gasteiger partial charge in [0.05, 0.1) is 26.4 Å². The maximum atomic E-state index is 6.85. The highest BCUT2D eigenvalue weighted by molar-refractivity contribution is 9.10. The minimum Gasteiger partial charge on any atom is -0.231 e. The zero-order valence-corrected chi connectivity index (χ0v) is 19.6. The van der Waals surface area contributed by atoms with Gasteiger partial charge in [0.15, 0.2) is 0 Å². The number of nitrogens with zero attached hydrogens (tertiary/aromatic N) is 2. The van der Waals surface area contributed by atoms with Gasteiger partial charge in [0.2, 0.25) is 0 Å². The first kappa shape index (κ1) is 20.0. The number of hydrogen-bond acceptors (Lipinski definition) is 1. The lowest BCUT2D eigenvalue weighted by atomic mass is 10.1. The fourth-order valence-electron chi connectivity index (χ4n) is 2.91. The quantitative estimate of drug-likeness (QED) is 0.246. The SMILES string of the molecule is Clc1ccc(-n2nc(-c3cccc(Br)c3)c(Cl)c2-c2cccc(Br)c2)cc1Cl. The molecule has 0 radical (unpaired) electrons. The molecule has 1 aromatic heterocycles. The molecule has 0 N–H and O–H groups in total. The Morgan fingerprint density at radius 2 is 1.36 bits per heavy atom. The van der Waals surface area contributed by atoms with E-state index in [0.717, 1.165) is 31.5 Å². The maximum absolute atomic E-state index is 6.85. The van der Waals surface area contributed by atoms with Crippen LogP contribution in [0.3, 0.4) is 0 Å². The van der Waals surface area contributed by atoms with Gasteiger partial charge < -0.3 is 0 Å². The highest BCUT2D eigenvalue weighted by Gasteiger charge is 2.21. The average molecular weight is 558 g/mol. The van der Waals surface area contributed by atoms with Crippen molar-refractivity contribution in [1.82, 2.24) is 9.78 Å². The van der Waals surface area contributed by atoms with Gasteiger partial charge in [-0.2, -0.15) is 5.10 Å². The minimum atomic E-state index is 0.454. The van der Waals surface area contributed by atoms with Gasteiger partial charge in [0.1, 0.15) is 5.69 Å². The van der Waals surface area contributed by atoms with Crippen molar-refractivity contribution in [3.63, 3.8) is 0 Å². The Morgan fingerprint density at radius 3 is 2.00 bits per heavy atom. The summed E-state index contributed by atoms with van der Waals surface area (Å²) in [5.41, 5.74) is 4.07. The van der Waals surface area contributed by atoms with Crippen molar-refractivity contribution in [2.45, 2.75) is 0 Å². The van der Waals surface area contributed by atoms with E-state index in [0.29, 0.717) is 20.8 Å². The molecule has 28 heavy (non-hydrogen) atoms. The lowest BCUT2D eigenvalue weighted by Gasteiger charge is -2.09. The monoisotopic (exact) mass is 554 g/mol.